The zero-order valence-corrected chi connectivity index (χ0v) is 7.04. The van der Waals surface area contributed by atoms with E-state index in [1.54, 1.807) is 0 Å². The number of esters is 1. The Labute approximate surface area is 72.2 Å². The Balaban J connectivity index is 4.80. The molecule has 0 aliphatic rings. The van der Waals surface area contributed by atoms with Crippen molar-refractivity contribution in [2.75, 3.05) is 0 Å². The molecule has 0 saturated heterocycles. The van der Waals surface area contributed by atoms with Crippen LogP contribution in [0.5, 0.6) is 0 Å². The number of hydrogen-bond donors (Lipinski definition) is 0. The highest BCUT2D eigenvalue weighted by molar-refractivity contribution is 5.67. The summed E-state index contributed by atoms with van der Waals surface area (Å²) >= 11 is 0. The quantitative estimate of drug-likeness (QED) is 0.389. The Kier molecular flexibility index (Phi) is 3.90. The van der Waals surface area contributed by atoms with Gasteiger partial charge < -0.3 is 4.74 Å². The first-order chi connectivity index (χ1) is 5.79. The number of rotatable bonds is 2. The van der Waals surface area contributed by atoms with E-state index in [1.807, 2.05) is 0 Å². The number of ether oxygens (including phenoxy) is 1. The fraction of sp³-hybridized carbons (Fsp3) is 0.571. The maximum absolute atomic E-state index is 12.4. The minimum Gasteiger partial charge on any atom is -0.428 e. The smallest absolute Gasteiger partial charge is 0.428 e. The van der Waals surface area contributed by atoms with Crippen molar-refractivity contribution < 1.29 is 27.1 Å². The minimum atomic E-state index is -5.10. The van der Waals surface area contributed by atoms with Crippen LogP contribution in [0.4, 0.5) is 17.6 Å². The van der Waals surface area contributed by atoms with Gasteiger partial charge in [0.1, 0.15) is 5.76 Å². The summed E-state index contributed by atoms with van der Waals surface area (Å²) in [5.41, 5.74) is 0. The van der Waals surface area contributed by atoms with Gasteiger partial charge in [0.25, 0.3) is 0 Å². The highest BCUT2D eigenvalue weighted by Gasteiger charge is 2.38. The second kappa shape index (κ2) is 4.25. The molecule has 0 unspecified atom stereocenters. The minimum absolute atomic E-state index is 0.328. The second-order valence-corrected chi connectivity index (χ2v) is 2.18. The first-order valence-electron chi connectivity index (χ1n) is 3.43. The lowest BCUT2D eigenvalue weighted by Gasteiger charge is -2.08. The molecule has 0 radical (unpaired) electrons. The highest BCUT2D eigenvalue weighted by Crippen LogP contribution is 2.30. The van der Waals surface area contributed by atoms with Crippen LogP contribution in [0.1, 0.15) is 20.3 Å². The molecule has 6 heteroatoms. The molecule has 0 aliphatic heterocycles. The van der Waals surface area contributed by atoms with Gasteiger partial charge in [-0.2, -0.15) is 17.6 Å². The van der Waals surface area contributed by atoms with Crippen molar-refractivity contribution in [3.8, 4) is 0 Å². The van der Waals surface area contributed by atoms with Crippen LogP contribution in [0.25, 0.3) is 0 Å². The maximum Gasteiger partial charge on any atom is 0.446 e. The van der Waals surface area contributed by atoms with Crippen molar-refractivity contribution in [2.24, 2.45) is 0 Å². The number of halogens is 4. The van der Waals surface area contributed by atoms with E-state index in [1.165, 1.54) is 6.92 Å². The SMILES string of the molecule is CCC(OC(C)=O)=C(F)C(F)(F)F. The molecule has 0 atom stereocenters. The Bertz CT molecular complexity index is 229. The number of alkyl halides is 3. The average Bonchev–Trinajstić information content (AvgIpc) is 1.96. The molecule has 0 saturated carbocycles. The first kappa shape index (κ1) is 11.9. The van der Waals surface area contributed by atoms with Gasteiger partial charge in [-0.15, -0.1) is 0 Å². The van der Waals surface area contributed by atoms with Gasteiger partial charge in [0.2, 0.25) is 5.83 Å². The number of allylic oxidation sites excluding steroid dienone is 2. The summed E-state index contributed by atoms with van der Waals surface area (Å²) in [6.45, 7) is 2.16. The molecule has 0 aliphatic carbocycles. The normalized spacial score (nSPS) is 13.7. The Morgan fingerprint density at radius 1 is 1.38 bits per heavy atom. The van der Waals surface area contributed by atoms with Crippen molar-refractivity contribution in [3.05, 3.63) is 11.6 Å². The molecular weight excluding hydrogens is 192 g/mol. The van der Waals surface area contributed by atoms with E-state index in [9.17, 15) is 22.4 Å². The molecule has 0 aromatic carbocycles. The van der Waals surface area contributed by atoms with Gasteiger partial charge in [0.15, 0.2) is 0 Å². The molecule has 0 spiro atoms. The van der Waals surface area contributed by atoms with E-state index in [2.05, 4.69) is 4.74 Å². The van der Waals surface area contributed by atoms with Gasteiger partial charge in [0.05, 0.1) is 0 Å². The highest BCUT2D eigenvalue weighted by atomic mass is 19.4. The standard InChI is InChI=1S/C7H8F4O2/c1-3-5(13-4(2)12)6(8)7(9,10)11/h3H2,1-2H3. The summed E-state index contributed by atoms with van der Waals surface area (Å²) in [7, 11) is 0. The molecule has 0 aromatic heterocycles. The number of carbonyl (C=O) groups is 1. The number of hydrogen-bond acceptors (Lipinski definition) is 2. The van der Waals surface area contributed by atoms with Crippen LogP contribution in [-0.4, -0.2) is 12.1 Å². The lowest BCUT2D eigenvalue weighted by molar-refractivity contribution is -0.139. The van der Waals surface area contributed by atoms with E-state index in [4.69, 9.17) is 0 Å². The summed E-state index contributed by atoms with van der Waals surface area (Å²) in [5.74, 6) is -4.32. The maximum atomic E-state index is 12.4. The summed E-state index contributed by atoms with van der Waals surface area (Å²) in [5, 5.41) is 0. The molecule has 0 heterocycles. The fourth-order valence-electron chi connectivity index (χ4n) is 0.604. The van der Waals surface area contributed by atoms with Crippen LogP contribution in [0.2, 0.25) is 0 Å². The fourth-order valence-corrected chi connectivity index (χ4v) is 0.604. The topological polar surface area (TPSA) is 26.3 Å². The van der Waals surface area contributed by atoms with E-state index in [0.717, 1.165) is 6.92 Å². The molecule has 13 heavy (non-hydrogen) atoms. The van der Waals surface area contributed by atoms with Crippen LogP contribution in [0, 0.1) is 0 Å². The molecule has 2 nitrogen and oxygen atoms in total. The first-order valence-corrected chi connectivity index (χ1v) is 3.43. The lowest BCUT2D eigenvalue weighted by Crippen LogP contribution is -2.13. The molecule has 0 N–H and O–H groups in total. The largest absolute Gasteiger partial charge is 0.446 e. The Hall–Kier alpha value is -1.07. The molecule has 0 fully saturated rings. The van der Waals surface area contributed by atoms with Gasteiger partial charge >= 0.3 is 12.1 Å². The van der Waals surface area contributed by atoms with Crippen molar-refractivity contribution in [1.82, 2.24) is 0 Å². The van der Waals surface area contributed by atoms with E-state index in [-0.39, 0.29) is 6.42 Å². The van der Waals surface area contributed by atoms with Crippen LogP contribution < -0.4 is 0 Å². The summed E-state index contributed by atoms with van der Waals surface area (Å²) in [4.78, 5) is 10.3. The van der Waals surface area contributed by atoms with Crippen molar-refractivity contribution in [3.63, 3.8) is 0 Å². The van der Waals surface area contributed by atoms with Crippen molar-refractivity contribution in [1.29, 1.82) is 0 Å². The van der Waals surface area contributed by atoms with Crippen LogP contribution in [-0.2, 0) is 9.53 Å². The average molecular weight is 200 g/mol. The third-order valence-corrected chi connectivity index (χ3v) is 1.08. The predicted octanol–water partition coefficient (Wildman–Crippen LogP) is 2.70. The van der Waals surface area contributed by atoms with Gasteiger partial charge in [-0.3, -0.25) is 4.79 Å². The zero-order chi connectivity index (χ0) is 10.6. The van der Waals surface area contributed by atoms with E-state index < -0.39 is 23.7 Å². The molecular formula is C7H8F4O2. The Morgan fingerprint density at radius 2 is 1.85 bits per heavy atom. The van der Waals surface area contributed by atoms with Gasteiger partial charge in [0, 0.05) is 13.3 Å². The monoisotopic (exact) mass is 200 g/mol. The van der Waals surface area contributed by atoms with Crippen LogP contribution in [0.15, 0.2) is 11.6 Å². The van der Waals surface area contributed by atoms with Crippen LogP contribution in [0.3, 0.4) is 0 Å². The van der Waals surface area contributed by atoms with E-state index >= 15 is 0 Å². The van der Waals surface area contributed by atoms with Gasteiger partial charge in [-0.25, -0.2) is 0 Å². The molecule has 0 amide bonds. The zero-order valence-electron chi connectivity index (χ0n) is 7.04. The predicted molar refractivity (Wildman–Crippen MR) is 36.2 cm³/mol. The summed E-state index contributed by atoms with van der Waals surface area (Å²) in [6, 6.07) is 0. The van der Waals surface area contributed by atoms with Crippen molar-refractivity contribution in [2.45, 2.75) is 26.4 Å². The van der Waals surface area contributed by atoms with Crippen LogP contribution >= 0.6 is 0 Å². The van der Waals surface area contributed by atoms with Gasteiger partial charge in [-0.05, 0) is 0 Å². The number of carbonyl (C=O) groups excluding carboxylic acids is 1. The molecule has 0 aromatic rings. The third-order valence-electron chi connectivity index (χ3n) is 1.08. The molecule has 0 rings (SSSR count). The molecule has 76 valence electrons. The second-order valence-electron chi connectivity index (χ2n) is 2.18. The van der Waals surface area contributed by atoms with Crippen molar-refractivity contribution >= 4 is 5.97 Å². The summed E-state index contributed by atoms with van der Waals surface area (Å²) in [6.07, 6.45) is -5.42. The Morgan fingerprint density at radius 3 is 2.08 bits per heavy atom. The lowest BCUT2D eigenvalue weighted by atomic mass is 10.3. The third kappa shape index (κ3) is 3.91. The molecule has 0 bridgehead atoms. The van der Waals surface area contributed by atoms with E-state index in [0.29, 0.717) is 0 Å². The summed E-state index contributed by atoms with van der Waals surface area (Å²) < 4.78 is 51.6. The van der Waals surface area contributed by atoms with Gasteiger partial charge in [-0.1, -0.05) is 6.92 Å².